The van der Waals surface area contributed by atoms with Crippen molar-refractivity contribution in [3.8, 4) is 0 Å². The number of hydrogen-bond donors (Lipinski definition) is 2. The van der Waals surface area contributed by atoms with Crippen LogP contribution in [-0.4, -0.2) is 27.3 Å². The molecule has 0 aliphatic rings. The van der Waals surface area contributed by atoms with E-state index in [0.717, 1.165) is 0 Å². The van der Waals surface area contributed by atoms with Crippen molar-refractivity contribution in [3.05, 3.63) is 5.01 Å². The molecule has 0 aliphatic heterocycles. The number of aromatic nitrogens is 2. The molecule has 0 saturated carbocycles. The van der Waals surface area contributed by atoms with Gasteiger partial charge in [-0.15, -0.1) is 10.2 Å². The molecule has 1 heterocycles. The molecule has 20 heavy (non-hydrogen) atoms. The molecule has 2 N–H and O–H groups in total. The molecule has 5 nitrogen and oxygen atoms in total. The summed E-state index contributed by atoms with van der Waals surface area (Å²) in [6, 6.07) is -0.499. The van der Waals surface area contributed by atoms with E-state index in [-0.39, 0.29) is 17.0 Å². The van der Waals surface area contributed by atoms with Crippen LogP contribution in [0.3, 0.4) is 0 Å². The van der Waals surface area contributed by atoms with Crippen LogP contribution in [0, 0.1) is 5.41 Å². The third kappa shape index (κ3) is 5.72. The highest BCUT2D eigenvalue weighted by Crippen LogP contribution is 2.34. The Kier molecular flexibility index (Phi) is 4.95. The number of halogens is 3. The molecule has 1 rings (SSSR count). The summed E-state index contributed by atoms with van der Waals surface area (Å²) in [6.45, 7) is 5.76. The SMILES string of the molecule is CC(C)(C)CC(CC(=O)O)Nc1nnc(C(F)(F)F)s1. The monoisotopic (exact) mass is 311 g/mol. The number of nitrogens with zero attached hydrogens (tertiary/aromatic N) is 2. The second kappa shape index (κ2) is 5.94. The number of hydrogen-bond acceptors (Lipinski definition) is 5. The largest absolute Gasteiger partial charge is 0.481 e. The van der Waals surface area contributed by atoms with Crippen molar-refractivity contribution < 1.29 is 23.1 Å². The minimum atomic E-state index is -4.54. The summed E-state index contributed by atoms with van der Waals surface area (Å²) in [7, 11) is 0. The maximum absolute atomic E-state index is 12.4. The maximum atomic E-state index is 12.4. The van der Waals surface area contributed by atoms with Crippen LogP contribution in [-0.2, 0) is 11.0 Å². The van der Waals surface area contributed by atoms with Crippen molar-refractivity contribution in [1.82, 2.24) is 10.2 Å². The number of nitrogens with one attached hydrogen (secondary N) is 1. The highest BCUT2D eigenvalue weighted by Gasteiger charge is 2.36. The fourth-order valence-electron chi connectivity index (χ4n) is 1.69. The lowest BCUT2D eigenvalue weighted by Crippen LogP contribution is -2.28. The number of rotatable bonds is 5. The van der Waals surface area contributed by atoms with Gasteiger partial charge in [0.1, 0.15) is 0 Å². The van der Waals surface area contributed by atoms with Crippen LogP contribution in [0.15, 0.2) is 0 Å². The molecule has 0 fully saturated rings. The Labute approximate surface area is 118 Å². The summed E-state index contributed by atoms with van der Waals surface area (Å²) in [5, 5.41) is 16.9. The van der Waals surface area contributed by atoms with E-state index in [0.29, 0.717) is 17.8 Å². The second-order valence-electron chi connectivity index (χ2n) is 5.61. The van der Waals surface area contributed by atoms with Gasteiger partial charge in [-0.05, 0) is 11.8 Å². The van der Waals surface area contributed by atoms with Crippen molar-refractivity contribution in [3.63, 3.8) is 0 Å². The van der Waals surface area contributed by atoms with Crippen LogP contribution < -0.4 is 5.32 Å². The number of aliphatic carboxylic acids is 1. The van der Waals surface area contributed by atoms with Crippen LogP contribution in [0.5, 0.6) is 0 Å². The molecule has 1 unspecified atom stereocenters. The van der Waals surface area contributed by atoms with Crippen molar-refractivity contribution in [2.24, 2.45) is 5.41 Å². The minimum Gasteiger partial charge on any atom is -0.481 e. The predicted molar refractivity (Wildman–Crippen MR) is 68.6 cm³/mol. The van der Waals surface area contributed by atoms with E-state index >= 15 is 0 Å². The van der Waals surface area contributed by atoms with E-state index < -0.39 is 23.2 Å². The van der Waals surface area contributed by atoms with Crippen molar-refractivity contribution in [1.29, 1.82) is 0 Å². The lowest BCUT2D eigenvalue weighted by Gasteiger charge is -2.25. The molecule has 0 radical (unpaired) electrons. The minimum absolute atomic E-state index is 0.0205. The molecular formula is C11H16F3N3O2S. The fourth-order valence-corrected chi connectivity index (χ4v) is 2.38. The van der Waals surface area contributed by atoms with Crippen molar-refractivity contribution in [2.75, 3.05) is 5.32 Å². The number of carboxylic acid groups (broad SMARTS) is 1. The molecule has 0 saturated heterocycles. The summed E-state index contributed by atoms with van der Waals surface area (Å²) in [4.78, 5) is 10.8. The summed E-state index contributed by atoms with van der Waals surface area (Å²) in [6.07, 6.45) is -4.25. The van der Waals surface area contributed by atoms with E-state index in [2.05, 4.69) is 15.5 Å². The van der Waals surface area contributed by atoms with Crippen molar-refractivity contribution in [2.45, 2.75) is 45.8 Å². The Morgan fingerprint density at radius 3 is 2.35 bits per heavy atom. The quantitative estimate of drug-likeness (QED) is 0.873. The summed E-state index contributed by atoms with van der Waals surface area (Å²) < 4.78 is 37.2. The molecule has 0 aliphatic carbocycles. The zero-order valence-corrected chi connectivity index (χ0v) is 12.1. The van der Waals surface area contributed by atoms with E-state index in [4.69, 9.17) is 5.11 Å². The average molecular weight is 311 g/mol. The third-order valence-corrected chi connectivity index (χ3v) is 3.17. The van der Waals surface area contributed by atoms with Crippen molar-refractivity contribution >= 4 is 22.4 Å². The molecule has 0 aromatic carbocycles. The molecule has 1 aromatic rings. The van der Waals surface area contributed by atoms with E-state index in [1.54, 1.807) is 0 Å². The van der Waals surface area contributed by atoms with Crippen LogP contribution in [0.25, 0.3) is 0 Å². The Balaban J connectivity index is 2.79. The van der Waals surface area contributed by atoms with Gasteiger partial charge in [0, 0.05) is 6.04 Å². The normalized spacial score (nSPS) is 14.1. The standard InChI is InChI=1S/C11H16F3N3O2S/c1-10(2,3)5-6(4-7(18)19)15-9-17-16-8(20-9)11(12,13)14/h6H,4-5H2,1-3H3,(H,15,17)(H,18,19). The van der Waals surface area contributed by atoms with Gasteiger partial charge >= 0.3 is 12.1 Å². The Bertz CT molecular complexity index is 468. The summed E-state index contributed by atoms with van der Waals surface area (Å²) >= 11 is 0.370. The van der Waals surface area contributed by atoms with Crippen LogP contribution in [0.4, 0.5) is 18.3 Å². The van der Waals surface area contributed by atoms with Gasteiger partial charge in [-0.1, -0.05) is 32.1 Å². The predicted octanol–water partition coefficient (Wildman–Crippen LogP) is 3.25. The topological polar surface area (TPSA) is 75.1 Å². The first-order valence-corrected chi connectivity index (χ1v) is 6.68. The maximum Gasteiger partial charge on any atom is 0.445 e. The Hall–Kier alpha value is -1.38. The number of carboxylic acids is 1. The first kappa shape index (κ1) is 16.7. The molecule has 114 valence electrons. The lowest BCUT2D eigenvalue weighted by atomic mass is 9.87. The van der Waals surface area contributed by atoms with Crippen LogP contribution in [0.2, 0.25) is 0 Å². The second-order valence-corrected chi connectivity index (χ2v) is 6.59. The van der Waals surface area contributed by atoms with Gasteiger partial charge < -0.3 is 10.4 Å². The number of carbonyl (C=O) groups is 1. The lowest BCUT2D eigenvalue weighted by molar-refractivity contribution is -0.138. The Morgan fingerprint density at radius 2 is 1.95 bits per heavy atom. The van der Waals surface area contributed by atoms with Gasteiger partial charge in [-0.2, -0.15) is 13.2 Å². The molecule has 1 aromatic heterocycles. The molecule has 1 atom stereocenters. The number of anilines is 1. The molecular weight excluding hydrogens is 295 g/mol. The van der Waals surface area contributed by atoms with Gasteiger partial charge in [0.2, 0.25) is 10.1 Å². The van der Waals surface area contributed by atoms with Gasteiger partial charge in [-0.25, -0.2) is 0 Å². The summed E-state index contributed by atoms with van der Waals surface area (Å²) in [5.74, 6) is -1.02. The first-order chi connectivity index (χ1) is 8.97. The first-order valence-electron chi connectivity index (χ1n) is 5.86. The molecule has 0 bridgehead atoms. The third-order valence-electron chi connectivity index (χ3n) is 2.27. The summed E-state index contributed by atoms with van der Waals surface area (Å²) in [5.41, 5.74) is -0.162. The highest BCUT2D eigenvalue weighted by atomic mass is 32.1. The van der Waals surface area contributed by atoms with Gasteiger partial charge in [0.25, 0.3) is 0 Å². The highest BCUT2D eigenvalue weighted by molar-refractivity contribution is 7.15. The van der Waals surface area contributed by atoms with Crippen LogP contribution in [0.1, 0.15) is 38.6 Å². The van der Waals surface area contributed by atoms with Gasteiger partial charge in [0.05, 0.1) is 6.42 Å². The zero-order valence-electron chi connectivity index (χ0n) is 11.3. The zero-order chi connectivity index (χ0) is 15.6. The Morgan fingerprint density at radius 1 is 1.35 bits per heavy atom. The molecule has 0 amide bonds. The number of alkyl halides is 3. The average Bonchev–Trinajstić information content (AvgIpc) is 2.61. The van der Waals surface area contributed by atoms with Crippen LogP contribution >= 0.6 is 11.3 Å². The molecule has 9 heteroatoms. The molecule has 0 spiro atoms. The van der Waals surface area contributed by atoms with Gasteiger partial charge in [-0.3, -0.25) is 4.79 Å². The smallest absolute Gasteiger partial charge is 0.445 e. The fraction of sp³-hybridized carbons (Fsp3) is 0.727. The van der Waals surface area contributed by atoms with E-state index in [1.807, 2.05) is 20.8 Å². The van der Waals surface area contributed by atoms with Gasteiger partial charge in [0.15, 0.2) is 0 Å². The van der Waals surface area contributed by atoms with E-state index in [1.165, 1.54) is 0 Å². The van der Waals surface area contributed by atoms with E-state index in [9.17, 15) is 18.0 Å².